The molecule has 1 aliphatic rings. The Hall–Kier alpha value is -1.09. The number of halogens is 1. The fourth-order valence-electron chi connectivity index (χ4n) is 1.53. The number of anilines is 1. The van der Waals surface area contributed by atoms with Gasteiger partial charge in [0.15, 0.2) is 0 Å². The second-order valence-electron chi connectivity index (χ2n) is 3.00. The molecule has 1 aliphatic heterocycles. The zero-order valence-corrected chi connectivity index (χ0v) is 6.55. The van der Waals surface area contributed by atoms with E-state index < -0.39 is 0 Å². The van der Waals surface area contributed by atoms with Crippen LogP contribution in [0.1, 0.15) is 5.56 Å². The number of hydrogen-bond donors (Lipinski definition) is 2. The molecule has 0 saturated carbocycles. The Morgan fingerprint density at radius 3 is 3.08 bits per heavy atom. The Labute approximate surface area is 70.0 Å². The first-order valence-electron chi connectivity index (χ1n) is 3.96. The van der Waals surface area contributed by atoms with Gasteiger partial charge in [0.1, 0.15) is 5.82 Å². The third-order valence-electron chi connectivity index (χ3n) is 2.14. The summed E-state index contributed by atoms with van der Waals surface area (Å²) in [6.45, 7) is 0.0497. The van der Waals surface area contributed by atoms with Crippen LogP contribution in [0.3, 0.4) is 0 Å². The Morgan fingerprint density at radius 1 is 1.58 bits per heavy atom. The number of nitrogens with one attached hydrogen (secondary N) is 1. The summed E-state index contributed by atoms with van der Waals surface area (Å²) in [6.07, 6.45) is 0.712. The van der Waals surface area contributed by atoms with E-state index in [4.69, 9.17) is 5.11 Å². The highest BCUT2D eigenvalue weighted by molar-refractivity contribution is 5.57. The minimum Gasteiger partial charge on any atom is -0.394 e. The molecule has 0 amide bonds. The third-order valence-corrected chi connectivity index (χ3v) is 2.14. The smallest absolute Gasteiger partial charge is 0.146 e. The molecule has 1 aromatic carbocycles. The van der Waals surface area contributed by atoms with Gasteiger partial charge >= 0.3 is 0 Å². The maximum Gasteiger partial charge on any atom is 0.146 e. The van der Waals surface area contributed by atoms with E-state index in [0.717, 1.165) is 5.56 Å². The van der Waals surface area contributed by atoms with Gasteiger partial charge in [0.2, 0.25) is 0 Å². The fourth-order valence-corrected chi connectivity index (χ4v) is 1.53. The van der Waals surface area contributed by atoms with Gasteiger partial charge in [0.25, 0.3) is 0 Å². The lowest BCUT2D eigenvalue weighted by atomic mass is 10.1. The first kappa shape index (κ1) is 7.55. The maximum absolute atomic E-state index is 13.1. The SMILES string of the molecule is OCC1Cc2cccc(F)c2N1. The molecule has 2 nitrogen and oxygen atoms in total. The second kappa shape index (κ2) is 2.75. The monoisotopic (exact) mass is 167 g/mol. The summed E-state index contributed by atoms with van der Waals surface area (Å²) < 4.78 is 13.1. The minimum absolute atomic E-state index is 0.0168. The molecule has 2 N–H and O–H groups in total. The Kier molecular flexibility index (Phi) is 1.73. The fraction of sp³-hybridized carbons (Fsp3) is 0.333. The highest BCUT2D eigenvalue weighted by Gasteiger charge is 2.21. The average molecular weight is 167 g/mol. The normalized spacial score (nSPS) is 20.3. The predicted octanol–water partition coefficient (Wildman–Crippen LogP) is 1.15. The van der Waals surface area contributed by atoms with Crippen LogP contribution < -0.4 is 5.32 Å². The largest absolute Gasteiger partial charge is 0.394 e. The van der Waals surface area contributed by atoms with Gasteiger partial charge in [-0.2, -0.15) is 0 Å². The molecule has 0 saturated heterocycles. The first-order chi connectivity index (χ1) is 5.81. The van der Waals surface area contributed by atoms with Crippen LogP contribution in [-0.2, 0) is 6.42 Å². The van der Waals surface area contributed by atoms with E-state index >= 15 is 0 Å². The lowest BCUT2D eigenvalue weighted by molar-refractivity contribution is 0.277. The van der Waals surface area contributed by atoms with Crippen molar-refractivity contribution < 1.29 is 9.50 Å². The minimum atomic E-state index is -0.233. The average Bonchev–Trinajstić information content (AvgIpc) is 2.49. The molecule has 1 heterocycles. The number of aliphatic hydroxyl groups is 1. The highest BCUT2D eigenvalue weighted by atomic mass is 19.1. The predicted molar refractivity (Wildman–Crippen MR) is 44.6 cm³/mol. The van der Waals surface area contributed by atoms with Crippen LogP contribution in [0.4, 0.5) is 10.1 Å². The van der Waals surface area contributed by atoms with Gasteiger partial charge in [0, 0.05) is 0 Å². The quantitative estimate of drug-likeness (QED) is 0.657. The molecular weight excluding hydrogens is 157 g/mol. The van der Waals surface area contributed by atoms with Gasteiger partial charge in [-0.1, -0.05) is 12.1 Å². The number of rotatable bonds is 1. The molecule has 0 aliphatic carbocycles. The summed E-state index contributed by atoms with van der Waals surface area (Å²) in [5, 5.41) is 11.8. The lowest BCUT2D eigenvalue weighted by Gasteiger charge is -2.05. The number of fused-ring (bicyclic) bond motifs is 1. The molecule has 64 valence electrons. The second-order valence-corrected chi connectivity index (χ2v) is 3.00. The molecule has 0 bridgehead atoms. The summed E-state index contributed by atoms with van der Waals surface area (Å²) >= 11 is 0. The first-order valence-corrected chi connectivity index (χ1v) is 3.96. The van der Waals surface area contributed by atoms with E-state index in [1.165, 1.54) is 6.07 Å². The van der Waals surface area contributed by atoms with Crippen LogP contribution in [-0.4, -0.2) is 17.8 Å². The Balaban J connectivity index is 2.35. The van der Waals surface area contributed by atoms with Crippen molar-refractivity contribution in [2.75, 3.05) is 11.9 Å². The summed E-state index contributed by atoms with van der Waals surface area (Å²) in [4.78, 5) is 0. The van der Waals surface area contributed by atoms with Gasteiger partial charge in [-0.15, -0.1) is 0 Å². The summed E-state index contributed by atoms with van der Waals surface area (Å²) in [6, 6.07) is 4.97. The number of hydrogen-bond acceptors (Lipinski definition) is 2. The molecule has 3 heteroatoms. The van der Waals surface area contributed by atoms with Crippen LogP contribution in [0.25, 0.3) is 0 Å². The number of aliphatic hydroxyl groups excluding tert-OH is 1. The van der Waals surface area contributed by atoms with E-state index in [9.17, 15) is 4.39 Å². The van der Waals surface area contributed by atoms with Crippen molar-refractivity contribution in [3.8, 4) is 0 Å². The van der Waals surface area contributed by atoms with Crippen molar-refractivity contribution in [3.63, 3.8) is 0 Å². The molecule has 0 aromatic heterocycles. The summed E-state index contributed by atoms with van der Waals surface area (Å²) in [5.74, 6) is -0.233. The van der Waals surface area contributed by atoms with Gasteiger partial charge < -0.3 is 10.4 Å². The molecule has 0 spiro atoms. The molecule has 0 radical (unpaired) electrons. The molecular formula is C9H10FNO. The molecule has 0 fully saturated rings. The maximum atomic E-state index is 13.1. The molecule has 1 aromatic rings. The summed E-state index contributed by atoms with van der Waals surface area (Å²) in [7, 11) is 0. The summed E-state index contributed by atoms with van der Waals surface area (Å²) in [5.41, 5.74) is 1.51. The number of benzene rings is 1. The van der Waals surface area contributed by atoms with Crippen LogP contribution in [0, 0.1) is 5.82 Å². The van der Waals surface area contributed by atoms with E-state index in [1.54, 1.807) is 6.07 Å². The van der Waals surface area contributed by atoms with Crippen molar-refractivity contribution in [2.24, 2.45) is 0 Å². The van der Waals surface area contributed by atoms with Crippen molar-refractivity contribution in [1.29, 1.82) is 0 Å². The van der Waals surface area contributed by atoms with Crippen molar-refractivity contribution in [3.05, 3.63) is 29.6 Å². The topological polar surface area (TPSA) is 32.3 Å². The zero-order chi connectivity index (χ0) is 8.55. The van der Waals surface area contributed by atoms with Crippen LogP contribution in [0.5, 0.6) is 0 Å². The van der Waals surface area contributed by atoms with Crippen LogP contribution in [0.15, 0.2) is 18.2 Å². The number of para-hydroxylation sites is 1. The molecule has 12 heavy (non-hydrogen) atoms. The third kappa shape index (κ3) is 1.06. The van der Waals surface area contributed by atoms with Crippen molar-refractivity contribution >= 4 is 5.69 Å². The van der Waals surface area contributed by atoms with Crippen molar-refractivity contribution in [1.82, 2.24) is 0 Å². The van der Waals surface area contributed by atoms with Gasteiger partial charge in [-0.05, 0) is 18.1 Å². The van der Waals surface area contributed by atoms with Gasteiger partial charge in [-0.25, -0.2) is 4.39 Å². The van der Waals surface area contributed by atoms with Crippen molar-refractivity contribution in [2.45, 2.75) is 12.5 Å². The van der Waals surface area contributed by atoms with Gasteiger partial charge in [-0.3, -0.25) is 0 Å². The highest BCUT2D eigenvalue weighted by Crippen LogP contribution is 2.27. The van der Waals surface area contributed by atoms with Crippen LogP contribution in [0.2, 0.25) is 0 Å². The Bertz CT molecular complexity index is 301. The molecule has 1 unspecified atom stereocenters. The standard InChI is InChI=1S/C9H10FNO/c10-8-3-1-2-6-4-7(5-12)11-9(6)8/h1-3,7,11-12H,4-5H2. The van der Waals surface area contributed by atoms with E-state index in [2.05, 4.69) is 5.32 Å². The van der Waals surface area contributed by atoms with E-state index in [-0.39, 0.29) is 18.5 Å². The lowest BCUT2D eigenvalue weighted by Crippen LogP contribution is -2.19. The zero-order valence-electron chi connectivity index (χ0n) is 6.55. The Morgan fingerprint density at radius 2 is 2.42 bits per heavy atom. The molecule has 2 rings (SSSR count). The van der Waals surface area contributed by atoms with Crippen LogP contribution >= 0.6 is 0 Å². The van der Waals surface area contributed by atoms with E-state index in [1.807, 2.05) is 6.07 Å². The molecule has 1 atom stereocenters. The van der Waals surface area contributed by atoms with E-state index in [0.29, 0.717) is 12.1 Å². The van der Waals surface area contributed by atoms with Gasteiger partial charge in [0.05, 0.1) is 18.3 Å².